The first-order valence-corrected chi connectivity index (χ1v) is 8.74. The first kappa shape index (κ1) is 18.1. The van der Waals surface area contributed by atoms with Crippen molar-refractivity contribution < 1.29 is 14.7 Å². The van der Waals surface area contributed by atoms with Gasteiger partial charge in [-0.2, -0.15) is 5.10 Å². The van der Waals surface area contributed by atoms with Gasteiger partial charge >= 0.3 is 5.97 Å². The van der Waals surface area contributed by atoms with Crippen LogP contribution in [-0.4, -0.2) is 27.7 Å². The van der Waals surface area contributed by atoms with Crippen LogP contribution in [0.1, 0.15) is 58.0 Å². The molecule has 2 N–H and O–H groups in total. The Balaban J connectivity index is 1.82. The fraction of sp³-hybridized carbons (Fsp3) is 0.263. The van der Waals surface area contributed by atoms with Crippen LogP contribution in [0.3, 0.4) is 0 Å². The number of rotatable bonds is 4. The second-order valence-corrected chi connectivity index (χ2v) is 6.50. The number of halogens is 1. The van der Waals surface area contributed by atoms with Gasteiger partial charge in [0.05, 0.1) is 16.1 Å². The van der Waals surface area contributed by atoms with E-state index in [0.29, 0.717) is 16.3 Å². The minimum Gasteiger partial charge on any atom is -0.478 e. The molecule has 1 fully saturated rings. The number of hydrogen-bond donors (Lipinski definition) is 2. The van der Waals surface area contributed by atoms with E-state index < -0.39 is 5.97 Å². The molecule has 1 aromatic carbocycles. The van der Waals surface area contributed by atoms with Gasteiger partial charge in [0.15, 0.2) is 0 Å². The third-order valence-corrected chi connectivity index (χ3v) is 4.71. The molecule has 0 saturated heterocycles. The third-order valence-electron chi connectivity index (χ3n) is 4.38. The Morgan fingerprint density at radius 1 is 1.23 bits per heavy atom. The molecule has 0 spiro atoms. The highest BCUT2D eigenvalue weighted by Gasteiger charge is 2.24. The van der Waals surface area contributed by atoms with Crippen LogP contribution < -0.4 is 5.43 Å². The first-order valence-electron chi connectivity index (χ1n) is 8.37. The molecule has 7 heteroatoms. The van der Waals surface area contributed by atoms with Gasteiger partial charge in [-0.3, -0.25) is 9.78 Å². The van der Waals surface area contributed by atoms with Crippen LogP contribution in [-0.2, 0) is 0 Å². The molecular weight excluding hydrogens is 354 g/mol. The number of benzene rings is 1. The highest BCUT2D eigenvalue weighted by atomic mass is 35.5. The van der Waals surface area contributed by atoms with Crippen LogP contribution in [0.25, 0.3) is 0 Å². The maximum atomic E-state index is 12.3. The van der Waals surface area contributed by atoms with Gasteiger partial charge in [-0.25, -0.2) is 10.2 Å². The SMILES string of the molecule is O=C(O)c1ccnc(C2CCCC/C2=N\NC(=O)c2ccccc2Cl)c1. The molecule has 1 amide bonds. The lowest BCUT2D eigenvalue weighted by Crippen LogP contribution is -2.25. The summed E-state index contributed by atoms with van der Waals surface area (Å²) in [4.78, 5) is 27.8. The fourth-order valence-corrected chi connectivity index (χ4v) is 3.27. The Labute approximate surface area is 155 Å². The van der Waals surface area contributed by atoms with Crippen LogP contribution in [0, 0.1) is 0 Å². The molecular formula is C19H18ClN3O3. The fourth-order valence-electron chi connectivity index (χ4n) is 3.05. The normalized spacial score (nSPS) is 18.5. The minimum absolute atomic E-state index is 0.102. The van der Waals surface area contributed by atoms with Crippen LogP contribution in [0.5, 0.6) is 0 Å². The molecule has 1 aliphatic carbocycles. The van der Waals surface area contributed by atoms with Crippen LogP contribution in [0.2, 0.25) is 5.02 Å². The summed E-state index contributed by atoms with van der Waals surface area (Å²) >= 11 is 6.04. The summed E-state index contributed by atoms with van der Waals surface area (Å²) < 4.78 is 0. The van der Waals surface area contributed by atoms with Gasteiger partial charge < -0.3 is 5.11 Å². The monoisotopic (exact) mass is 371 g/mol. The first-order chi connectivity index (χ1) is 12.6. The van der Waals surface area contributed by atoms with E-state index in [2.05, 4.69) is 15.5 Å². The number of pyridine rings is 1. The number of carbonyl (C=O) groups excluding carboxylic acids is 1. The molecule has 1 aliphatic rings. The average Bonchev–Trinajstić information content (AvgIpc) is 2.67. The van der Waals surface area contributed by atoms with Crippen molar-refractivity contribution >= 4 is 29.2 Å². The molecule has 0 radical (unpaired) electrons. The standard InChI is InChI=1S/C19H18ClN3O3/c20-15-7-3-1-5-13(15)18(24)23-22-16-8-4-2-6-14(16)17-11-12(19(25)26)9-10-21-17/h1,3,5,7,9-11,14H,2,4,6,8H2,(H,23,24)(H,25,26)/b22-16+. The van der Waals surface area contributed by atoms with Gasteiger partial charge in [0.25, 0.3) is 5.91 Å². The third kappa shape index (κ3) is 4.08. The van der Waals surface area contributed by atoms with Crippen molar-refractivity contribution in [2.45, 2.75) is 31.6 Å². The lowest BCUT2D eigenvalue weighted by atomic mass is 9.84. The average molecular weight is 372 g/mol. The van der Waals surface area contributed by atoms with E-state index >= 15 is 0 Å². The van der Waals surface area contributed by atoms with Gasteiger partial charge in [0.1, 0.15) is 0 Å². The van der Waals surface area contributed by atoms with Gasteiger partial charge in [-0.1, -0.05) is 30.2 Å². The molecule has 6 nitrogen and oxygen atoms in total. The number of aromatic carboxylic acids is 1. The summed E-state index contributed by atoms with van der Waals surface area (Å²) in [5.41, 5.74) is 4.58. The van der Waals surface area contributed by atoms with Crippen LogP contribution >= 0.6 is 11.6 Å². The van der Waals surface area contributed by atoms with Crippen molar-refractivity contribution in [2.24, 2.45) is 5.10 Å². The van der Waals surface area contributed by atoms with E-state index in [-0.39, 0.29) is 17.4 Å². The van der Waals surface area contributed by atoms with Gasteiger partial charge in [0, 0.05) is 23.5 Å². The number of carbonyl (C=O) groups is 2. The lowest BCUT2D eigenvalue weighted by molar-refractivity contribution is 0.0696. The molecule has 1 atom stereocenters. The van der Waals surface area contributed by atoms with E-state index in [1.54, 1.807) is 30.3 Å². The second-order valence-electron chi connectivity index (χ2n) is 6.10. The Bertz CT molecular complexity index is 867. The molecule has 26 heavy (non-hydrogen) atoms. The molecule has 3 rings (SSSR count). The summed E-state index contributed by atoms with van der Waals surface area (Å²) in [6.45, 7) is 0. The smallest absolute Gasteiger partial charge is 0.335 e. The molecule has 1 saturated carbocycles. The van der Waals surface area contributed by atoms with Crippen LogP contribution in [0.4, 0.5) is 0 Å². The van der Waals surface area contributed by atoms with E-state index in [0.717, 1.165) is 31.4 Å². The molecule has 1 unspecified atom stereocenters. The van der Waals surface area contributed by atoms with Gasteiger partial charge in [-0.05, 0) is 43.5 Å². The summed E-state index contributed by atoms with van der Waals surface area (Å²) in [5, 5.41) is 13.8. The summed E-state index contributed by atoms with van der Waals surface area (Å²) in [6, 6.07) is 9.80. The number of aromatic nitrogens is 1. The molecule has 1 heterocycles. The summed E-state index contributed by atoms with van der Waals surface area (Å²) in [5.74, 6) is -1.47. The number of carboxylic acid groups (broad SMARTS) is 1. The van der Waals surface area contributed by atoms with Crippen molar-refractivity contribution in [3.8, 4) is 0 Å². The van der Waals surface area contributed by atoms with Crippen molar-refractivity contribution in [1.29, 1.82) is 0 Å². The van der Waals surface area contributed by atoms with Crippen molar-refractivity contribution in [3.05, 3.63) is 64.4 Å². The zero-order valence-electron chi connectivity index (χ0n) is 14.0. The number of nitrogens with zero attached hydrogens (tertiary/aromatic N) is 2. The van der Waals surface area contributed by atoms with E-state index in [9.17, 15) is 14.7 Å². The maximum Gasteiger partial charge on any atom is 0.335 e. The van der Waals surface area contributed by atoms with Crippen molar-refractivity contribution in [1.82, 2.24) is 10.4 Å². The molecule has 134 valence electrons. The molecule has 2 aromatic rings. The minimum atomic E-state index is -0.991. The Morgan fingerprint density at radius 2 is 2.04 bits per heavy atom. The molecule has 1 aromatic heterocycles. The second kappa shape index (κ2) is 8.10. The maximum absolute atomic E-state index is 12.3. The molecule has 0 aliphatic heterocycles. The Hall–Kier alpha value is -2.73. The number of amides is 1. The Kier molecular flexibility index (Phi) is 5.63. The number of hydrogen-bond acceptors (Lipinski definition) is 4. The van der Waals surface area contributed by atoms with Crippen molar-refractivity contribution in [3.63, 3.8) is 0 Å². The summed E-state index contributed by atoms with van der Waals surface area (Å²) in [6.07, 6.45) is 5.01. The van der Waals surface area contributed by atoms with Gasteiger partial charge in [-0.15, -0.1) is 0 Å². The highest BCUT2D eigenvalue weighted by Crippen LogP contribution is 2.30. The van der Waals surface area contributed by atoms with Gasteiger partial charge in [0.2, 0.25) is 0 Å². The van der Waals surface area contributed by atoms with E-state index in [4.69, 9.17) is 11.6 Å². The van der Waals surface area contributed by atoms with E-state index in [1.165, 1.54) is 12.3 Å². The zero-order valence-corrected chi connectivity index (χ0v) is 14.7. The largest absolute Gasteiger partial charge is 0.478 e. The molecule has 0 bridgehead atoms. The van der Waals surface area contributed by atoms with Crippen molar-refractivity contribution in [2.75, 3.05) is 0 Å². The number of hydrazone groups is 1. The van der Waals surface area contributed by atoms with Crippen LogP contribution in [0.15, 0.2) is 47.7 Å². The Morgan fingerprint density at radius 3 is 2.81 bits per heavy atom. The highest BCUT2D eigenvalue weighted by molar-refractivity contribution is 6.33. The number of nitrogens with one attached hydrogen (secondary N) is 1. The summed E-state index contributed by atoms with van der Waals surface area (Å²) in [7, 11) is 0. The predicted molar refractivity (Wildman–Crippen MR) is 98.8 cm³/mol. The lowest BCUT2D eigenvalue weighted by Gasteiger charge is -2.23. The predicted octanol–water partition coefficient (Wildman–Crippen LogP) is 3.88. The van der Waals surface area contributed by atoms with E-state index in [1.807, 2.05) is 0 Å². The zero-order chi connectivity index (χ0) is 18.5. The number of carboxylic acids is 1. The topological polar surface area (TPSA) is 91.7 Å². The quantitative estimate of drug-likeness (QED) is 0.798.